The predicted octanol–water partition coefficient (Wildman–Crippen LogP) is -0.351. The van der Waals surface area contributed by atoms with Crippen molar-refractivity contribution in [3.63, 3.8) is 0 Å². The number of nitrogens with one attached hydrogen (secondary N) is 1. The van der Waals surface area contributed by atoms with E-state index in [1.54, 1.807) is 18.9 Å². The minimum Gasteiger partial charge on any atom is -0.394 e. The fraction of sp³-hybridized carbons (Fsp3) is 0.538. The second-order valence-corrected chi connectivity index (χ2v) is 6.20. The van der Waals surface area contributed by atoms with Gasteiger partial charge in [0, 0.05) is 7.05 Å². The lowest BCUT2D eigenvalue weighted by Gasteiger charge is -2.28. The van der Waals surface area contributed by atoms with Gasteiger partial charge in [0.15, 0.2) is 12.0 Å². The summed E-state index contributed by atoms with van der Waals surface area (Å²) in [7, 11) is 1.76. The number of aryl methyl sites for hydroxylation is 1. The molecule has 2 aliphatic heterocycles. The first-order valence-corrected chi connectivity index (χ1v) is 7.64. The summed E-state index contributed by atoms with van der Waals surface area (Å²) in [5, 5.41) is 33.0. The highest BCUT2D eigenvalue weighted by Gasteiger charge is 2.48. The van der Waals surface area contributed by atoms with Gasteiger partial charge in [-0.15, -0.1) is 0 Å². The number of hydrogen-bond acceptors (Lipinski definition) is 9. The molecule has 1 saturated heterocycles. The Balaban J connectivity index is 2.01. The van der Waals surface area contributed by atoms with Crippen LogP contribution in [0, 0.1) is 6.92 Å². The van der Waals surface area contributed by atoms with Gasteiger partial charge in [0.2, 0.25) is 0 Å². The molecule has 4 atom stereocenters. The molecule has 0 amide bonds. The first-order chi connectivity index (χ1) is 10.5. The number of anilines is 2. The highest BCUT2D eigenvalue weighted by molar-refractivity contribution is 8.03. The quantitative estimate of drug-likeness (QED) is 0.592. The molecular formula is C13H18N4O4S. The van der Waals surface area contributed by atoms with E-state index in [2.05, 4.69) is 21.9 Å². The van der Waals surface area contributed by atoms with Crippen LogP contribution in [0.5, 0.6) is 0 Å². The number of thioether (sulfide) groups is 1. The Labute approximate surface area is 131 Å². The van der Waals surface area contributed by atoms with Crippen LogP contribution in [0.25, 0.3) is 0 Å². The molecule has 9 heteroatoms. The molecule has 22 heavy (non-hydrogen) atoms. The first kappa shape index (κ1) is 15.5. The number of nitrogens with zero attached hydrogens (tertiary/aromatic N) is 3. The largest absolute Gasteiger partial charge is 0.394 e. The molecule has 0 saturated carbocycles. The zero-order valence-corrected chi connectivity index (χ0v) is 13.0. The molecule has 0 bridgehead atoms. The third-order valence-electron chi connectivity index (χ3n) is 3.68. The van der Waals surface area contributed by atoms with Crippen molar-refractivity contribution in [3.8, 4) is 0 Å². The third kappa shape index (κ3) is 2.25. The van der Waals surface area contributed by atoms with Crippen LogP contribution in [0.15, 0.2) is 16.5 Å². The summed E-state index contributed by atoms with van der Waals surface area (Å²) in [4.78, 5) is 11.2. The molecular weight excluding hydrogens is 308 g/mol. The van der Waals surface area contributed by atoms with Gasteiger partial charge in [0.1, 0.15) is 30.0 Å². The van der Waals surface area contributed by atoms with E-state index >= 15 is 0 Å². The third-order valence-corrected chi connectivity index (χ3v) is 4.70. The van der Waals surface area contributed by atoms with Gasteiger partial charge in [0.05, 0.1) is 16.5 Å². The summed E-state index contributed by atoms with van der Waals surface area (Å²) in [6, 6.07) is 0. The number of ether oxygens (including phenoxy) is 1. The van der Waals surface area contributed by atoms with Crippen LogP contribution in [-0.4, -0.2) is 63.5 Å². The van der Waals surface area contributed by atoms with E-state index in [1.165, 1.54) is 11.8 Å². The van der Waals surface area contributed by atoms with Crippen molar-refractivity contribution >= 4 is 23.4 Å². The van der Waals surface area contributed by atoms with Gasteiger partial charge in [-0.05, 0) is 6.92 Å². The van der Waals surface area contributed by atoms with Crippen molar-refractivity contribution < 1.29 is 20.1 Å². The van der Waals surface area contributed by atoms with Gasteiger partial charge < -0.3 is 25.4 Å². The highest BCUT2D eigenvalue weighted by atomic mass is 32.2. The van der Waals surface area contributed by atoms with Gasteiger partial charge in [-0.2, -0.15) is 0 Å². The van der Waals surface area contributed by atoms with Crippen LogP contribution in [0.3, 0.4) is 0 Å². The first-order valence-electron chi connectivity index (χ1n) is 6.82. The van der Waals surface area contributed by atoms with Crippen molar-refractivity contribution in [3.05, 3.63) is 17.4 Å². The summed E-state index contributed by atoms with van der Waals surface area (Å²) in [5.41, 5.74) is 0. The average Bonchev–Trinajstić information content (AvgIpc) is 2.96. The lowest BCUT2D eigenvalue weighted by atomic mass is 10.1. The second kappa shape index (κ2) is 5.67. The number of rotatable bonds is 3. The van der Waals surface area contributed by atoms with Gasteiger partial charge in [-0.25, -0.2) is 9.97 Å². The maximum atomic E-state index is 10.2. The van der Waals surface area contributed by atoms with Crippen molar-refractivity contribution in [1.29, 1.82) is 0 Å². The topological polar surface area (TPSA) is 111 Å². The van der Waals surface area contributed by atoms with E-state index in [4.69, 9.17) is 4.74 Å². The Kier molecular flexibility index (Phi) is 4.00. The van der Waals surface area contributed by atoms with E-state index in [1.807, 2.05) is 0 Å². The summed E-state index contributed by atoms with van der Waals surface area (Å²) < 4.78 is 5.58. The minimum atomic E-state index is -1.17. The maximum absolute atomic E-state index is 10.2. The summed E-state index contributed by atoms with van der Waals surface area (Å²) in [6.45, 7) is 5.36. The van der Waals surface area contributed by atoms with Gasteiger partial charge >= 0.3 is 0 Å². The summed E-state index contributed by atoms with van der Waals surface area (Å²) >= 11 is 1.37. The molecule has 0 unspecified atom stereocenters. The second-order valence-electron chi connectivity index (χ2n) is 5.12. The molecule has 8 nitrogen and oxygen atoms in total. The van der Waals surface area contributed by atoms with E-state index in [0.29, 0.717) is 22.5 Å². The zero-order valence-electron chi connectivity index (χ0n) is 12.2. The molecule has 1 aromatic rings. The van der Waals surface area contributed by atoms with E-state index in [0.717, 1.165) is 4.90 Å². The Hall–Kier alpha value is -1.39. The average molecular weight is 326 g/mol. The molecule has 4 N–H and O–H groups in total. The molecule has 0 spiro atoms. The summed E-state index contributed by atoms with van der Waals surface area (Å²) in [6.07, 6.45) is -4.03. The molecule has 2 aliphatic rings. The minimum absolute atomic E-state index is 0.375. The predicted molar refractivity (Wildman–Crippen MR) is 81.6 cm³/mol. The van der Waals surface area contributed by atoms with Crippen LogP contribution >= 0.6 is 11.8 Å². The standard InChI is InChI=1S/C13H18N4O4S/c1-5-15-11(14-3)10-12(16-5)17(6(2)22-10)13-9(20)8(19)7(4-18)21-13/h7-9,13,18-20H,2,4H2,1,3H3,(H,14,15,16)/t7-,8-,9-,13-/m1/s1. The van der Waals surface area contributed by atoms with Crippen LogP contribution in [-0.2, 0) is 4.74 Å². The van der Waals surface area contributed by atoms with Gasteiger partial charge in [-0.3, -0.25) is 4.90 Å². The Morgan fingerprint density at radius 2 is 2.09 bits per heavy atom. The smallest absolute Gasteiger partial charge is 0.165 e. The van der Waals surface area contributed by atoms with E-state index < -0.39 is 24.5 Å². The number of aliphatic hydroxyl groups excluding tert-OH is 3. The van der Waals surface area contributed by atoms with Crippen LogP contribution in [0.2, 0.25) is 0 Å². The number of hydrogen-bond donors (Lipinski definition) is 4. The fourth-order valence-electron chi connectivity index (χ4n) is 2.62. The Morgan fingerprint density at radius 1 is 1.36 bits per heavy atom. The van der Waals surface area contributed by atoms with Gasteiger partial charge in [0.25, 0.3) is 0 Å². The number of aromatic nitrogens is 2. The number of fused-ring (bicyclic) bond motifs is 1. The molecule has 3 heterocycles. The van der Waals surface area contributed by atoms with E-state index in [-0.39, 0.29) is 6.61 Å². The molecule has 3 rings (SSSR count). The van der Waals surface area contributed by atoms with Crippen LogP contribution in [0.1, 0.15) is 5.82 Å². The molecule has 0 aromatic carbocycles. The highest BCUT2D eigenvalue weighted by Crippen LogP contribution is 2.49. The van der Waals surface area contributed by atoms with Crippen molar-refractivity contribution in [2.75, 3.05) is 23.9 Å². The fourth-order valence-corrected chi connectivity index (χ4v) is 3.62. The van der Waals surface area contributed by atoms with Crippen LogP contribution in [0.4, 0.5) is 11.6 Å². The SMILES string of the molecule is C=C1Sc2c(NC)nc(C)nc2N1[C@@H]1O[C@H](CO)[C@@H](O)[C@H]1O. The Bertz CT molecular complexity index is 614. The molecule has 120 valence electrons. The molecule has 1 fully saturated rings. The zero-order chi connectivity index (χ0) is 16.0. The lowest BCUT2D eigenvalue weighted by Crippen LogP contribution is -2.42. The molecule has 0 aliphatic carbocycles. The van der Waals surface area contributed by atoms with Crippen molar-refractivity contribution in [1.82, 2.24) is 9.97 Å². The summed E-state index contributed by atoms with van der Waals surface area (Å²) in [5.74, 6) is 1.81. The lowest BCUT2D eigenvalue weighted by molar-refractivity contribution is -0.0205. The van der Waals surface area contributed by atoms with Crippen molar-refractivity contribution in [2.45, 2.75) is 36.4 Å². The normalized spacial score (nSPS) is 30.8. The van der Waals surface area contributed by atoms with Crippen LogP contribution < -0.4 is 10.2 Å². The van der Waals surface area contributed by atoms with Crippen molar-refractivity contribution in [2.24, 2.45) is 0 Å². The molecule has 1 aromatic heterocycles. The monoisotopic (exact) mass is 326 g/mol. The molecule has 0 radical (unpaired) electrons. The maximum Gasteiger partial charge on any atom is 0.165 e. The van der Waals surface area contributed by atoms with Gasteiger partial charge in [-0.1, -0.05) is 18.3 Å². The number of aliphatic hydroxyl groups is 3. The van der Waals surface area contributed by atoms with E-state index in [9.17, 15) is 15.3 Å². The Morgan fingerprint density at radius 3 is 2.68 bits per heavy atom.